The first-order valence-electron chi connectivity index (χ1n) is 39.1. The van der Waals surface area contributed by atoms with Gasteiger partial charge in [-0.3, -0.25) is 37.3 Å². The molecule has 0 bridgehead atoms. The van der Waals surface area contributed by atoms with Gasteiger partial charge in [0.25, 0.3) is 0 Å². The predicted molar refractivity (Wildman–Crippen MR) is 382 cm³/mol. The first-order valence-corrected chi connectivity index (χ1v) is 42.1. The molecule has 19 heteroatoms. The van der Waals surface area contributed by atoms with E-state index in [4.69, 9.17) is 37.0 Å². The normalized spacial score (nSPS) is 14.0. The summed E-state index contributed by atoms with van der Waals surface area (Å²) in [5.74, 6) is -1.31. The highest BCUT2D eigenvalue weighted by Gasteiger charge is 2.30. The van der Waals surface area contributed by atoms with Crippen LogP contribution in [0.25, 0.3) is 0 Å². The van der Waals surface area contributed by atoms with Crippen molar-refractivity contribution in [1.82, 2.24) is 0 Å². The lowest BCUT2D eigenvalue weighted by molar-refractivity contribution is -0.161. The Morgan fingerprint density at radius 3 is 0.723 bits per heavy atom. The number of phosphoric ester groups is 2. The minimum Gasteiger partial charge on any atom is -0.462 e. The van der Waals surface area contributed by atoms with Gasteiger partial charge in [-0.15, -0.1) is 0 Å². The van der Waals surface area contributed by atoms with Crippen LogP contribution in [0.2, 0.25) is 0 Å². The minimum atomic E-state index is -4.96. The third-order valence-electron chi connectivity index (χ3n) is 17.5. The fraction of sp³-hybridized carbons (Fsp3) is 0.947. The molecular weight excluding hydrogens is 1230 g/mol. The van der Waals surface area contributed by atoms with Gasteiger partial charge in [0.05, 0.1) is 26.4 Å². The molecule has 0 radical (unpaired) electrons. The Labute approximate surface area is 575 Å². The summed E-state index contributed by atoms with van der Waals surface area (Å²) in [4.78, 5) is 72.7. The number of aliphatic hydroxyl groups excluding tert-OH is 1. The van der Waals surface area contributed by atoms with Crippen LogP contribution in [0.15, 0.2) is 0 Å². The van der Waals surface area contributed by atoms with Gasteiger partial charge in [-0.1, -0.05) is 343 Å². The van der Waals surface area contributed by atoms with Crippen molar-refractivity contribution in [2.45, 2.75) is 412 Å². The van der Waals surface area contributed by atoms with Crippen molar-refractivity contribution in [3.05, 3.63) is 0 Å². The zero-order valence-corrected chi connectivity index (χ0v) is 62.9. The van der Waals surface area contributed by atoms with E-state index in [0.29, 0.717) is 25.7 Å². The van der Waals surface area contributed by atoms with Crippen molar-refractivity contribution in [2.75, 3.05) is 39.6 Å². The fourth-order valence-electron chi connectivity index (χ4n) is 11.5. The first-order chi connectivity index (χ1) is 45.5. The molecule has 3 N–H and O–H groups in total. The number of hydrogen-bond acceptors (Lipinski definition) is 15. The molecule has 0 aliphatic heterocycles. The average Bonchev–Trinajstić information content (AvgIpc) is 3.64. The van der Waals surface area contributed by atoms with Crippen LogP contribution in [-0.2, 0) is 65.4 Å². The second-order valence-corrected chi connectivity index (χ2v) is 30.4. The molecule has 0 spiro atoms. The van der Waals surface area contributed by atoms with Crippen molar-refractivity contribution >= 4 is 39.5 Å². The van der Waals surface area contributed by atoms with E-state index in [0.717, 1.165) is 95.8 Å². The molecule has 558 valence electrons. The molecule has 0 aliphatic carbocycles. The molecule has 0 aromatic carbocycles. The summed E-state index contributed by atoms with van der Waals surface area (Å²) in [7, 11) is -9.91. The van der Waals surface area contributed by atoms with Crippen LogP contribution in [0.1, 0.15) is 394 Å². The number of phosphoric acid groups is 2. The summed E-state index contributed by atoms with van der Waals surface area (Å²) in [5, 5.41) is 10.6. The van der Waals surface area contributed by atoms with Crippen LogP contribution >= 0.6 is 15.6 Å². The van der Waals surface area contributed by atoms with Crippen LogP contribution in [0.5, 0.6) is 0 Å². The summed E-state index contributed by atoms with van der Waals surface area (Å²) >= 11 is 0. The highest BCUT2D eigenvalue weighted by molar-refractivity contribution is 7.47. The minimum absolute atomic E-state index is 0.107. The van der Waals surface area contributed by atoms with Gasteiger partial charge < -0.3 is 33.8 Å². The standard InChI is InChI=1S/C75H146O17P2/c1-6-9-12-15-18-21-24-25-30-35-39-44-49-54-59-73(78)86-65-71(92-75(80)61-56-51-46-41-36-31-28-26-27-29-34-37-42-47-52-57-68(4)5)67-90-94(83,84)88-63-69(76)62-87-93(81,82)89-66-70(91-74(79)60-55-50-45-40-33-23-20-17-14-11-8-3)64-85-72(77)58-53-48-43-38-32-22-19-16-13-10-7-2/h68-71,76H,6-67H2,1-5H3,(H,81,82)(H,83,84)/t69-,70+,71+/m0/s1. The number of unbranched alkanes of at least 4 members (excludes halogenated alkanes) is 47. The molecule has 0 rings (SSSR count). The van der Waals surface area contributed by atoms with Crippen molar-refractivity contribution < 1.29 is 80.2 Å². The molecule has 0 aromatic heterocycles. The molecule has 94 heavy (non-hydrogen) atoms. The monoisotopic (exact) mass is 1380 g/mol. The summed E-state index contributed by atoms with van der Waals surface area (Å²) in [6.45, 7) is 7.31. The van der Waals surface area contributed by atoms with Crippen LogP contribution in [0, 0.1) is 5.92 Å². The van der Waals surface area contributed by atoms with Crippen molar-refractivity contribution in [2.24, 2.45) is 5.92 Å². The van der Waals surface area contributed by atoms with Crippen molar-refractivity contribution in [3.8, 4) is 0 Å². The van der Waals surface area contributed by atoms with E-state index in [1.807, 2.05) is 0 Å². The summed E-state index contributed by atoms with van der Waals surface area (Å²) in [6, 6.07) is 0. The van der Waals surface area contributed by atoms with Gasteiger partial charge in [0.15, 0.2) is 12.2 Å². The maximum absolute atomic E-state index is 13.1. The van der Waals surface area contributed by atoms with Crippen molar-refractivity contribution in [3.63, 3.8) is 0 Å². The number of rotatable bonds is 75. The fourth-order valence-corrected chi connectivity index (χ4v) is 13.1. The van der Waals surface area contributed by atoms with Crippen LogP contribution in [0.4, 0.5) is 0 Å². The highest BCUT2D eigenvalue weighted by Crippen LogP contribution is 2.45. The zero-order valence-electron chi connectivity index (χ0n) is 61.1. The average molecular weight is 1380 g/mol. The maximum atomic E-state index is 13.1. The number of ether oxygens (including phenoxy) is 4. The van der Waals surface area contributed by atoms with Crippen LogP contribution in [-0.4, -0.2) is 96.7 Å². The van der Waals surface area contributed by atoms with Gasteiger partial charge in [0, 0.05) is 25.7 Å². The zero-order chi connectivity index (χ0) is 69.1. The molecule has 0 fully saturated rings. The lowest BCUT2D eigenvalue weighted by atomic mass is 10.0. The number of aliphatic hydroxyl groups is 1. The Kier molecular flexibility index (Phi) is 66.8. The Hall–Kier alpha value is -1.94. The SMILES string of the molecule is CCCCCCCCCCCCCCCCC(=O)OC[C@H](COP(=O)(O)OC[C@@H](O)COP(=O)(O)OC[C@@H](COC(=O)CCCCCCCCCCCCC)OC(=O)CCCCCCCCCCCCC)OC(=O)CCCCCCCCCCCCCCCCCC(C)C. The Bertz CT molecular complexity index is 1810. The molecule has 17 nitrogen and oxygen atoms in total. The predicted octanol–water partition coefficient (Wildman–Crippen LogP) is 22.1. The quantitative estimate of drug-likeness (QED) is 0.0222. The third kappa shape index (κ3) is 68.6. The van der Waals surface area contributed by atoms with Gasteiger partial charge in [-0.05, 0) is 31.6 Å². The van der Waals surface area contributed by atoms with E-state index in [9.17, 15) is 43.2 Å². The molecule has 0 aromatic rings. The number of carbonyl (C=O) groups excluding carboxylic acids is 4. The van der Waals surface area contributed by atoms with E-state index >= 15 is 0 Å². The molecule has 2 unspecified atom stereocenters. The second kappa shape index (κ2) is 68.2. The second-order valence-electron chi connectivity index (χ2n) is 27.5. The number of esters is 4. The lowest BCUT2D eigenvalue weighted by Crippen LogP contribution is -2.30. The molecule has 0 saturated carbocycles. The summed E-state index contributed by atoms with van der Waals surface area (Å²) in [6.07, 6.45) is 56.7. The molecule has 0 heterocycles. The van der Waals surface area contributed by atoms with E-state index in [1.165, 1.54) is 218 Å². The third-order valence-corrected chi connectivity index (χ3v) is 19.4. The van der Waals surface area contributed by atoms with Crippen LogP contribution in [0.3, 0.4) is 0 Å². The van der Waals surface area contributed by atoms with E-state index in [1.54, 1.807) is 0 Å². The summed E-state index contributed by atoms with van der Waals surface area (Å²) in [5.41, 5.74) is 0. The Balaban J connectivity index is 5.23. The summed E-state index contributed by atoms with van der Waals surface area (Å²) < 4.78 is 68.5. The van der Waals surface area contributed by atoms with Crippen LogP contribution < -0.4 is 0 Å². The maximum Gasteiger partial charge on any atom is 0.472 e. The molecule has 0 amide bonds. The van der Waals surface area contributed by atoms with E-state index < -0.39 is 97.5 Å². The topological polar surface area (TPSA) is 237 Å². The van der Waals surface area contributed by atoms with Crippen molar-refractivity contribution in [1.29, 1.82) is 0 Å². The number of hydrogen-bond donors (Lipinski definition) is 3. The first kappa shape index (κ1) is 92.1. The lowest BCUT2D eigenvalue weighted by Gasteiger charge is -2.21. The Morgan fingerprint density at radius 1 is 0.287 bits per heavy atom. The molecule has 0 saturated heterocycles. The van der Waals surface area contributed by atoms with E-state index in [2.05, 4.69) is 34.6 Å². The molecular formula is C75H146O17P2. The van der Waals surface area contributed by atoms with Gasteiger partial charge in [-0.2, -0.15) is 0 Å². The Morgan fingerprint density at radius 2 is 0.489 bits per heavy atom. The van der Waals surface area contributed by atoms with Gasteiger partial charge in [0.1, 0.15) is 19.3 Å². The van der Waals surface area contributed by atoms with Gasteiger partial charge in [-0.25, -0.2) is 9.13 Å². The van der Waals surface area contributed by atoms with Gasteiger partial charge >= 0.3 is 39.5 Å². The van der Waals surface area contributed by atoms with Gasteiger partial charge in [0.2, 0.25) is 0 Å². The highest BCUT2D eigenvalue weighted by atomic mass is 31.2. The molecule has 5 atom stereocenters. The molecule has 0 aliphatic rings. The smallest absolute Gasteiger partial charge is 0.462 e. The van der Waals surface area contributed by atoms with E-state index in [-0.39, 0.29) is 25.7 Å². The number of carbonyl (C=O) groups is 4. The largest absolute Gasteiger partial charge is 0.472 e.